The molecule has 122 valence electrons. The molecule has 0 fully saturated rings. The molecule has 24 heavy (non-hydrogen) atoms. The van der Waals surface area contributed by atoms with E-state index in [2.05, 4.69) is 13.8 Å². The van der Waals surface area contributed by atoms with Gasteiger partial charge in [-0.1, -0.05) is 18.2 Å². The van der Waals surface area contributed by atoms with Crippen LogP contribution in [0.2, 0.25) is 0 Å². The number of rotatable bonds is 1. The normalized spacial score (nSPS) is 22.9. The van der Waals surface area contributed by atoms with Crippen molar-refractivity contribution in [1.29, 1.82) is 0 Å². The molecule has 0 radical (unpaired) electrons. The van der Waals surface area contributed by atoms with Gasteiger partial charge in [0.2, 0.25) is 5.72 Å². The highest BCUT2D eigenvalue weighted by Gasteiger charge is 2.58. The Labute approximate surface area is 144 Å². The second kappa shape index (κ2) is 4.74. The van der Waals surface area contributed by atoms with Gasteiger partial charge in [0.1, 0.15) is 5.75 Å². The van der Waals surface area contributed by atoms with Crippen molar-refractivity contribution in [2.45, 2.75) is 25.0 Å². The summed E-state index contributed by atoms with van der Waals surface area (Å²) in [4.78, 5) is 10.5. The Bertz CT molecular complexity index is 894. The van der Waals surface area contributed by atoms with Crippen molar-refractivity contribution in [3.05, 3.63) is 69.8 Å². The van der Waals surface area contributed by atoms with Gasteiger partial charge in [0.25, 0.3) is 5.69 Å². The molecule has 0 saturated carbocycles. The van der Waals surface area contributed by atoms with Gasteiger partial charge in [-0.25, -0.2) is 4.42 Å². The summed E-state index contributed by atoms with van der Waals surface area (Å²) in [6, 6.07) is 12.5. The highest BCUT2D eigenvalue weighted by molar-refractivity contribution is 6.27. The number of nitro groups is 1. The number of ether oxygens (including phenoxy) is 1. The summed E-state index contributed by atoms with van der Waals surface area (Å²) in [5, 5.41) is 11.0. The van der Waals surface area contributed by atoms with Gasteiger partial charge in [-0.15, -0.1) is 0 Å². The minimum Gasteiger partial charge on any atom is -0.461 e. The van der Waals surface area contributed by atoms with Gasteiger partial charge in [-0.05, 0) is 43.7 Å². The quantitative estimate of drug-likeness (QED) is 0.430. The van der Waals surface area contributed by atoms with Crippen molar-refractivity contribution in [2.24, 2.45) is 0 Å². The molecule has 2 aromatic rings. The van der Waals surface area contributed by atoms with Crippen LogP contribution in [-0.4, -0.2) is 10.6 Å². The van der Waals surface area contributed by atoms with Crippen LogP contribution >= 0.6 is 11.8 Å². The van der Waals surface area contributed by atoms with Gasteiger partial charge >= 0.3 is 0 Å². The van der Waals surface area contributed by atoms with Crippen molar-refractivity contribution in [3.8, 4) is 5.75 Å². The first-order chi connectivity index (χ1) is 11.4. The number of nitro benzene ring substituents is 1. The van der Waals surface area contributed by atoms with Crippen LogP contribution in [0.25, 0.3) is 6.08 Å². The molecule has 2 heterocycles. The summed E-state index contributed by atoms with van der Waals surface area (Å²) in [6.45, 7) is 4.16. The smallest absolute Gasteiger partial charge is 0.270 e. The van der Waals surface area contributed by atoms with E-state index < -0.39 is 16.1 Å². The lowest BCUT2D eigenvalue weighted by Crippen LogP contribution is -2.56. The van der Waals surface area contributed by atoms with Crippen LogP contribution in [-0.2, 0) is 5.41 Å². The fraction of sp³-hybridized carbons (Fsp3) is 0.222. The summed E-state index contributed by atoms with van der Waals surface area (Å²) in [5.41, 5.74) is 1.42. The topological polar surface area (TPSA) is 55.6 Å². The molecule has 2 aromatic carbocycles. The second-order valence-electron chi connectivity index (χ2n) is 6.53. The Morgan fingerprint density at radius 3 is 2.67 bits per heavy atom. The number of hydrogen-bond acceptors (Lipinski definition) is 4. The monoisotopic (exact) mass is 342 g/mol. The summed E-state index contributed by atoms with van der Waals surface area (Å²) in [6.07, 6.45) is 3.72. The number of halogens is 1. The summed E-state index contributed by atoms with van der Waals surface area (Å²) in [5.74, 6) is 0.578. The van der Waals surface area contributed by atoms with Crippen LogP contribution in [0.15, 0.2) is 48.5 Å². The average Bonchev–Trinajstić information content (AvgIpc) is 2.74. The zero-order valence-electron chi connectivity index (χ0n) is 13.2. The summed E-state index contributed by atoms with van der Waals surface area (Å²) >= 11 is 6.66. The van der Waals surface area contributed by atoms with Gasteiger partial charge in [0, 0.05) is 29.5 Å². The first-order valence-corrected chi connectivity index (χ1v) is 7.93. The predicted octanol–water partition coefficient (Wildman–Crippen LogP) is 4.65. The molecule has 2 aliphatic heterocycles. The predicted molar refractivity (Wildman–Crippen MR) is 93.3 cm³/mol. The van der Waals surface area contributed by atoms with Crippen LogP contribution in [0.4, 0.5) is 11.4 Å². The lowest BCUT2D eigenvalue weighted by molar-refractivity contribution is -0.384. The molecule has 1 unspecified atom stereocenters. The molecule has 2 aliphatic rings. The maximum Gasteiger partial charge on any atom is 0.270 e. The molecule has 1 spiro atoms. The Morgan fingerprint density at radius 1 is 1.21 bits per heavy atom. The Kier molecular flexibility index (Phi) is 2.97. The van der Waals surface area contributed by atoms with Gasteiger partial charge in [0.15, 0.2) is 0 Å². The Morgan fingerprint density at radius 2 is 1.96 bits per heavy atom. The fourth-order valence-electron chi connectivity index (χ4n) is 3.51. The zero-order chi connectivity index (χ0) is 17.1. The van der Waals surface area contributed by atoms with Gasteiger partial charge in [-0.3, -0.25) is 10.1 Å². The molecular formula is C18H15ClN2O3. The molecule has 0 aromatic heterocycles. The van der Waals surface area contributed by atoms with E-state index in [4.69, 9.17) is 16.5 Å². The summed E-state index contributed by atoms with van der Waals surface area (Å²) < 4.78 is 7.92. The standard InChI is InChI=1S/C18H15ClN2O3/c1-17(2)14-5-3-4-6-15(14)20(19)18(17)10-9-12-11-13(21(22)23)7-8-16(12)24-18/h3-11H,1-2H3. The minimum atomic E-state index is -0.888. The molecule has 0 amide bonds. The van der Waals surface area contributed by atoms with E-state index in [9.17, 15) is 10.1 Å². The van der Waals surface area contributed by atoms with Crippen LogP contribution in [0, 0.1) is 10.1 Å². The summed E-state index contributed by atoms with van der Waals surface area (Å²) in [7, 11) is 0. The number of hydrogen-bond donors (Lipinski definition) is 0. The van der Waals surface area contributed by atoms with Crippen LogP contribution in [0.5, 0.6) is 5.75 Å². The first kappa shape index (κ1) is 15.0. The van der Waals surface area contributed by atoms with E-state index >= 15 is 0 Å². The lowest BCUT2D eigenvalue weighted by Gasteiger charge is -2.44. The molecular weight excluding hydrogens is 328 g/mol. The second-order valence-corrected chi connectivity index (χ2v) is 6.87. The van der Waals surface area contributed by atoms with E-state index in [1.807, 2.05) is 36.4 Å². The third-order valence-electron chi connectivity index (χ3n) is 4.93. The third kappa shape index (κ3) is 1.76. The van der Waals surface area contributed by atoms with Crippen molar-refractivity contribution in [3.63, 3.8) is 0 Å². The van der Waals surface area contributed by atoms with Gasteiger partial charge in [-0.2, -0.15) is 0 Å². The van der Waals surface area contributed by atoms with Crippen molar-refractivity contribution >= 4 is 29.2 Å². The highest BCUT2D eigenvalue weighted by Crippen LogP contribution is 2.55. The number of para-hydroxylation sites is 1. The lowest BCUT2D eigenvalue weighted by atomic mass is 9.76. The first-order valence-electron chi connectivity index (χ1n) is 7.59. The van der Waals surface area contributed by atoms with Gasteiger partial charge < -0.3 is 4.74 Å². The molecule has 4 rings (SSSR count). The molecule has 0 saturated heterocycles. The largest absolute Gasteiger partial charge is 0.461 e. The van der Waals surface area contributed by atoms with E-state index in [-0.39, 0.29) is 5.69 Å². The average molecular weight is 343 g/mol. The van der Waals surface area contributed by atoms with Crippen molar-refractivity contribution in [1.82, 2.24) is 0 Å². The third-order valence-corrected chi connectivity index (χ3v) is 5.37. The highest BCUT2D eigenvalue weighted by atomic mass is 35.5. The van der Waals surface area contributed by atoms with Crippen molar-refractivity contribution < 1.29 is 9.66 Å². The fourth-order valence-corrected chi connectivity index (χ4v) is 3.96. The molecule has 0 N–H and O–H groups in total. The molecule has 5 nitrogen and oxygen atoms in total. The van der Waals surface area contributed by atoms with E-state index in [0.717, 1.165) is 11.3 Å². The number of fused-ring (bicyclic) bond motifs is 2. The zero-order valence-corrected chi connectivity index (χ0v) is 13.9. The van der Waals surface area contributed by atoms with Crippen LogP contribution < -0.4 is 9.16 Å². The minimum absolute atomic E-state index is 0.0367. The van der Waals surface area contributed by atoms with Crippen molar-refractivity contribution in [2.75, 3.05) is 4.42 Å². The molecule has 6 heteroatoms. The van der Waals surface area contributed by atoms with E-state index in [0.29, 0.717) is 11.3 Å². The Balaban J connectivity index is 1.84. The van der Waals surface area contributed by atoms with Gasteiger partial charge in [0.05, 0.1) is 16.0 Å². The number of benzene rings is 2. The maximum atomic E-state index is 11.0. The van der Waals surface area contributed by atoms with Crippen LogP contribution in [0.1, 0.15) is 25.0 Å². The number of non-ortho nitro benzene ring substituents is 1. The maximum absolute atomic E-state index is 11.0. The van der Waals surface area contributed by atoms with E-state index in [1.165, 1.54) is 12.1 Å². The Hall–Kier alpha value is -2.53. The molecule has 0 bridgehead atoms. The van der Waals surface area contributed by atoms with Crippen LogP contribution in [0.3, 0.4) is 0 Å². The number of anilines is 1. The number of nitrogens with zero attached hydrogens (tertiary/aromatic N) is 2. The molecule has 1 atom stereocenters. The molecule has 0 aliphatic carbocycles. The van der Waals surface area contributed by atoms with E-state index in [1.54, 1.807) is 10.5 Å². The SMILES string of the molecule is CC1(C)c2ccccc2N(Cl)C12C=Cc1cc([N+](=O)[O-])ccc1O2.